The Bertz CT molecular complexity index is 502. The van der Waals surface area contributed by atoms with E-state index in [1.807, 2.05) is 6.07 Å². The van der Waals surface area contributed by atoms with Crippen molar-refractivity contribution in [2.24, 2.45) is 5.73 Å². The summed E-state index contributed by atoms with van der Waals surface area (Å²) in [5.41, 5.74) is 7.87. The fourth-order valence-corrected chi connectivity index (χ4v) is 1.95. The molecule has 1 aromatic heterocycles. The molecule has 1 atom stereocenters. The summed E-state index contributed by atoms with van der Waals surface area (Å²) in [6.07, 6.45) is 5.49. The van der Waals surface area contributed by atoms with E-state index in [1.54, 1.807) is 24.5 Å². The fraction of sp³-hybridized carbons (Fsp3) is 0.167. The smallest absolute Gasteiger partial charge is 0.115 e. The highest BCUT2D eigenvalue weighted by Gasteiger charge is 2.10. The van der Waals surface area contributed by atoms with Crippen LogP contribution in [0.25, 0.3) is 0 Å². The maximum absolute atomic E-state index is 6.08. The van der Waals surface area contributed by atoms with Crippen LogP contribution in [-0.2, 0) is 6.42 Å². The first-order valence-corrected chi connectivity index (χ1v) is 5.87. The van der Waals surface area contributed by atoms with Gasteiger partial charge in [-0.2, -0.15) is 0 Å². The number of rotatable bonds is 3. The molecule has 1 heterocycles. The molecule has 0 aliphatic rings. The van der Waals surface area contributed by atoms with Gasteiger partial charge in [0, 0.05) is 34.0 Å². The lowest BCUT2D eigenvalue weighted by atomic mass is 10.0. The normalized spacial score (nSPS) is 12.4. The van der Waals surface area contributed by atoms with Gasteiger partial charge >= 0.3 is 0 Å². The zero-order valence-electron chi connectivity index (χ0n) is 8.98. The van der Waals surface area contributed by atoms with Gasteiger partial charge in [0.25, 0.3) is 0 Å². The Kier molecular flexibility index (Phi) is 3.94. The minimum atomic E-state index is -0.188. The van der Waals surface area contributed by atoms with Gasteiger partial charge in [-0.1, -0.05) is 23.2 Å². The summed E-state index contributed by atoms with van der Waals surface area (Å²) in [5, 5.41) is 1.32. The molecule has 0 radical (unpaired) electrons. The fourth-order valence-electron chi connectivity index (χ4n) is 1.56. The van der Waals surface area contributed by atoms with E-state index in [0.717, 1.165) is 11.1 Å². The summed E-state index contributed by atoms with van der Waals surface area (Å²) in [7, 11) is 0. The van der Waals surface area contributed by atoms with Crippen LogP contribution in [0.5, 0.6) is 0 Å². The number of halogens is 2. The first-order chi connectivity index (χ1) is 8.16. The highest BCUT2D eigenvalue weighted by Crippen LogP contribution is 2.24. The molecule has 0 aliphatic heterocycles. The van der Waals surface area contributed by atoms with Gasteiger partial charge in [-0.15, -0.1) is 0 Å². The third-order valence-corrected chi connectivity index (χ3v) is 3.06. The molecule has 5 heteroatoms. The number of hydrogen-bond acceptors (Lipinski definition) is 3. The summed E-state index contributed by atoms with van der Waals surface area (Å²) in [4.78, 5) is 7.87. The molecule has 0 fully saturated rings. The Labute approximate surface area is 110 Å². The molecule has 2 N–H and O–H groups in total. The molecule has 1 unspecified atom stereocenters. The summed E-state index contributed by atoms with van der Waals surface area (Å²) in [5.74, 6) is 0. The van der Waals surface area contributed by atoms with Crippen LogP contribution >= 0.6 is 23.2 Å². The Morgan fingerprint density at radius 1 is 1.18 bits per heavy atom. The molecule has 17 heavy (non-hydrogen) atoms. The second kappa shape index (κ2) is 5.45. The molecule has 0 saturated carbocycles. The van der Waals surface area contributed by atoms with Gasteiger partial charge in [0.05, 0.1) is 0 Å². The topological polar surface area (TPSA) is 51.8 Å². The highest BCUT2D eigenvalue weighted by atomic mass is 35.5. The third kappa shape index (κ3) is 3.16. The molecule has 2 rings (SSSR count). The lowest BCUT2D eigenvalue weighted by Gasteiger charge is -2.12. The van der Waals surface area contributed by atoms with Crippen molar-refractivity contribution >= 4 is 23.2 Å². The average molecular weight is 268 g/mol. The Hall–Kier alpha value is -1.16. The van der Waals surface area contributed by atoms with Crippen LogP contribution in [0.3, 0.4) is 0 Å². The maximum atomic E-state index is 6.08. The van der Waals surface area contributed by atoms with E-state index in [2.05, 4.69) is 9.97 Å². The minimum absolute atomic E-state index is 0.188. The van der Waals surface area contributed by atoms with Gasteiger partial charge in [0.2, 0.25) is 0 Å². The van der Waals surface area contributed by atoms with Crippen LogP contribution in [0.1, 0.15) is 17.2 Å². The van der Waals surface area contributed by atoms with Crippen LogP contribution in [0, 0.1) is 0 Å². The van der Waals surface area contributed by atoms with Gasteiger partial charge in [-0.25, -0.2) is 9.97 Å². The van der Waals surface area contributed by atoms with Crippen LogP contribution in [0.4, 0.5) is 0 Å². The Balaban J connectivity index is 2.18. The molecule has 0 saturated heterocycles. The molecular formula is C12H11Cl2N3. The predicted molar refractivity (Wildman–Crippen MR) is 69.1 cm³/mol. The van der Waals surface area contributed by atoms with Crippen molar-refractivity contribution in [1.82, 2.24) is 9.97 Å². The van der Waals surface area contributed by atoms with Crippen LogP contribution in [0.2, 0.25) is 10.0 Å². The van der Waals surface area contributed by atoms with Gasteiger partial charge in [0.1, 0.15) is 6.33 Å². The monoisotopic (exact) mass is 267 g/mol. The second-order valence-electron chi connectivity index (χ2n) is 3.72. The van der Waals surface area contributed by atoms with Gasteiger partial charge in [0.15, 0.2) is 0 Å². The van der Waals surface area contributed by atoms with E-state index in [4.69, 9.17) is 28.9 Å². The van der Waals surface area contributed by atoms with Crippen molar-refractivity contribution in [1.29, 1.82) is 0 Å². The maximum Gasteiger partial charge on any atom is 0.115 e. The predicted octanol–water partition coefficient (Wildman–Crippen LogP) is 3.03. The molecule has 1 aromatic carbocycles. The van der Waals surface area contributed by atoms with Crippen molar-refractivity contribution in [3.63, 3.8) is 0 Å². The number of aromatic nitrogens is 2. The third-order valence-electron chi connectivity index (χ3n) is 2.46. The van der Waals surface area contributed by atoms with E-state index in [1.165, 1.54) is 6.33 Å². The van der Waals surface area contributed by atoms with Gasteiger partial charge in [-0.3, -0.25) is 0 Å². The van der Waals surface area contributed by atoms with Crippen molar-refractivity contribution in [2.45, 2.75) is 12.5 Å². The lowest BCUT2D eigenvalue weighted by Crippen LogP contribution is -2.14. The van der Waals surface area contributed by atoms with E-state index < -0.39 is 0 Å². The Morgan fingerprint density at radius 2 is 1.88 bits per heavy atom. The van der Waals surface area contributed by atoms with E-state index in [9.17, 15) is 0 Å². The van der Waals surface area contributed by atoms with Crippen LogP contribution < -0.4 is 5.73 Å². The molecule has 3 nitrogen and oxygen atoms in total. The quantitative estimate of drug-likeness (QED) is 0.930. The summed E-state index contributed by atoms with van der Waals surface area (Å²) >= 11 is 12.0. The number of hydrogen-bond donors (Lipinski definition) is 1. The van der Waals surface area contributed by atoms with Gasteiger partial charge in [-0.05, 0) is 30.2 Å². The van der Waals surface area contributed by atoms with Crippen molar-refractivity contribution in [3.05, 3.63) is 58.1 Å². The van der Waals surface area contributed by atoms with Crippen molar-refractivity contribution < 1.29 is 0 Å². The molecule has 0 amide bonds. The highest BCUT2D eigenvalue weighted by molar-refractivity contribution is 6.33. The number of nitrogens with zero attached hydrogens (tertiary/aromatic N) is 2. The average Bonchev–Trinajstić information content (AvgIpc) is 2.35. The molecule has 0 bridgehead atoms. The zero-order chi connectivity index (χ0) is 12.3. The summed E-state index contributed by atoms with van der Waals surface area (Å²) in [6.45, 7) is 0. The molecule has 2 aromatic rings. The largest absolute Gasteiger partial charge is 0.324 e. The first-order valence-electron chi connectivity index (χ1n) is 5.11. The molecule has 88 valence electrons. The van der Waals surface area contributed by atoms with Crippen LogP contribution in [-0.4, -0.2) is 9.97 Å². The van der Waals surface area contributed by atoms with E-state index >= 15 is 0 Å². The Morgan fingerprint density at radius 3 is 2.59 bits per heavy atom. The van der Waals surface area contributed by atoms with Crippen molar-refractivity contribution in [3.8, 4) is 0 Å². The molecule has 0 aliphatic carbocycles. The van der Waals surface area contributed by atoms with Crippen molar-refractivity contribution in [2.75, 3.05) is 0 Å². The minimum Gasteiger partial charge on any atom is -0.324 e. The van der Waals surface area contributed by atoms with E-state index in [-0.39, 0.29) is 6.04 Å². The summed E-state index contributed by atoms with van der Waals surface area (Å²) < 4.78 is 0. The lowest BCUT2D eigenvalue weighted by molar-refractivity contribution is 0.713. The molecular weight excluding hydrogens is 257 g/mol. The number of nitrogens with two attached hydrogens (primary N) is 1. The SMILES string of the molecule is NC(Cc1cc(Cl)ccc1Cl)c1cncnc1. The number of benzene rings is 1. The standard InChI is InChI=1S/C12H11Cl2N3/c13-10-1-2-11(14)8(3-10)4-12(15)9-5-16-7-17-6-9/h1-3,5-7,12H,4,15H2. The van der Waals surface area contributed by atoms with Crippen LogP contribution in [0.15, 0.2) is 36.9 Å². The molecule has 0 spiro atoms. The first kappa shape index (κ1) is 12.3. The zero-order valence-corrected chi connectivity index (χ0v) is 10.5. The second-order valence-corrected chi connectivity index (χ2v) is 4.56. The summed E-state index contributed by atoms with van der Waals surface area (Å²) in [6, 6.07) is 5.16. The van der Waals surface area contributed by atoms with Gasteiger partial charge < -0.3 is 5.73 Å². The van der Waals surface area contributed by atoms with E-state index in [0.29, 0.717) is 16.5 Å².